The summed E-state index contributed by atoms with van der Waals surface area (Å²) in [7, 11) is 0. The molecule has 0 atom stereocenters. The fourth-order valence-electron chi connectivity index (χ4n) is 5.17. The van der Waals surface area contributed by atoms with Crippen molar-refractivity contribution in [2.75, 3.05) is 13.1 Å². The number of rotatable bonds is 6. The van der Waals surface area contributed by atoms with Gasteiger partial charge in [-0.3, -0.25) is 9.69 Å². The van der Waals surface area contributed by atoms with Crippen molar-refractivity contribution in [1.82, 2.24) is 14.9 Å². The van der Waals surface area contributed by atoms with Gasteiger partial charge < -0.3 is 5.11 Å². The highest BCUT2D eigenvalue weighted by molar-refractivity contribution is 14.1. The number of aromatic nitrogens is 2. The topological polar surface area (TPSA) is 66.3 Å². The maximum Gasteiger partial charge on any atom is 0.309 e. The van der Waals surface area contributed by atoms with E-state index in [-0.39, 0.29) is 17.2 Å². The van der Waals surface area contributed by atoms with Crippen molar-refractivity contribution in [2.24, 2.45) is 5.92 Å². The first-order valence-corrected chi connectivity index (χ1v) is 13.0. The van der Waals surface area contributed by atoms with Gasteiger partial charge in [0.25, 0.3) is 0 Å². The number of benzene rings is 1. The van der Waals surface area contributed by atoms with Gasteiger partial charge in [0.15, 0.2) is 0 Å². The molecule has 32 heavy (non-hydrogen) atoms. The molecule has 1 saturated heterocycles. The van der Waals surface area contributed by atoms with Crippen molar-refractivity contribution in [3.8, 4) is 10.6 Å². The third kappa shape index (κ3) is 3.28. The van der Waals surface area contributed by atoms with E-state index in [0.717, 1.165) is 15.9 Å². The summed E-state index contributed by atoms with van der Waals surface area (Å²) in [6.07, 6.45) is 6.27. The number of carboxylic acids is 1. The van der Waals surface area contributed by atoms with Crippen LogP contribution in [0.25, 0.3) is 20.9 Å². The van der Waals surface area contributed by atoms with Crippen molar-refractivity contribution in [3.05, 3.63) is 47.4 Å². The molecule has 0 unspecified atom stereocenters. The molecule has 3 heterocycles. The normalized spacial score (nSPS) is 21.8. The first-order valence-electron chi connectivity index (χ1n) is 11.1. The highest BCUT2D eigenvalue weighted by Crippen LogP contribution is 2.66. The Morgan fingerprint density at radius 2 is 1.97 bits per heavy atom. The van der Waals surface area contributed by atoms with Crippen LogP contribution in [0.5, 0.6) is 0 Å². The average molecular weight is 563 g/mol. The molecule has 3 aliphatic rings. The van der Waals surface area contributed by atoms with Gasteiger partial charge in [0, 0.05) is 39.7 Å². The fourth-order valence-corrected chi connectivity index (χ4v) is 7.71. The van der Waals surface area contributed by atoms with Gasteiger partial charge in [-0.2, -0.15) is 0 Å². The summed E-state index contributed by atoms with van der Waals surface area (Å²) >= 11 is 4.12. The fraction of sp³-hybridized carbons (Fsp3) is 0.458. The van der Waals surface area contributed by atoms with E-state index in [2.05, 4.69) is 33.6 Å². The minimum absolute atomic E-state index is 0.216. The quantitative estimate of drug-likeness (QED) is 0.321. The third-order valence-corrected chi connectivity index (χ3v) is 10.6. The molecule has 2 aliphatic carbocycles. The molecule has 3 fully saturated rings. The largest absolute Gasteiger partial charge is 0.481 e. The maximum atomic E-state index is 15.0. The minimum Gasteiger partial charge on any atom is -0.481 e. The van der Waals surface area contributed by atoms with E-state index < -0.39 is 5.97 Å². The number of pyridine rings is 1. The van der Waals surface area contributed by atoms with Crippen molar-refractivity contribution in [1.29, 1.82) is 0 Å². The van der Waals surface area contributed by atoms with Crippen molar-refractivity contribution in [2.45, 2.75) is 47.5 Å². The van der Waals surface area contributed by atoms with Crippen LogP contribution >= 0.6 is 33.9 Å². The molecule has 0 bridgehead atoms. The molecular formula is C24H23FIN3O2S. The van der Waals surface area contributed by atoms with Gasteiger partial charge in [0.2, 0.25) is 0 Å². The van der Waals surface area contributed by atoms with Gasteiger partial charge in [-0.15, -0.1) is 0 Å². The summed E-state index contributed by atoms with van der Waals surface area (Å²) < 4.78 is 15.3. The molecule has 6 rings (SSSR count). The van der Waals surface area contributed by atoms with E-state index in [1.54, 1.807) is 12.1 Å². The lowest BCUT2D eigenvalue weighted by Crippen LogP contribution is -2.49. The number of alkyl halides is 1. The molecule has 1 aliphatic heterocycles. The van der Waals surface area contributed by atoms with Crippen LogP contribution in [0.15, 0.2) is 30.3 Å². The Balaban J connectivity index is 1.24. The highest BCUT2D eigenvalue weighted by Gasteiger charge is 2.62. The van der Waals surface area contributed by atoms with Gasteiger partial charge in [0.1, 0.15) is 21.2 Å². The Morgan fingerprint density at radius 3 is 2.59 bits per heavy atom. The smallest absolute Gasteiger partial charge is 0.309 e. The van der Waals surface area contributed by atoms with Crippen LogP contribution in [0.4, 0.5) is 4.39 Å². The van der Waals surface area contributed by atoms with Crippen molar-refractivity contribution >= 4 is 50.2 Å². The predicted octanol–water partition coefficient (Wildman–Crippen LogP) is 5.40. The SMILES string of the molecule is O=C(O)C1CN(Cc2ccc(-c3nc4ccc(C5(C6(I)CCC6)CC5)nc4s3)c(F)c2)C1. The number of thiazole rings is 1. The predicted molar refractivity (Wildman–Crippen MR) is 131 cm³/mol. The third-order valence-electron chi connectivity index (χ3n) is 7.48. The summed E-state index contributed by atoms with van der Waals surface area (Å²) in [6, 6.07) is 9.42. The molecular weight excluding hydrogens is 540 g/mol. The number of aliphatic carboxylic acids is 1. The van der Waals surface area contributed by atoms with Crippen LogP contribution in [0.1, 0.15) is 43.4 Å². The number of halogens is 2. The second-order valence-electron chi connectivity index (χ2n) is 9.48. The number of nitrogens with zero attached hydrogens (tertiary/aromatic N) is 3. The van der Waals surface area contributed by atoms with Crippen molar-refractivity contribution in [3.63, 3.8) is 0 Å². The lowest BCUT2D eigenvalue weighted by atomic mass is 9.72. The molecule has 0 radical (unpaired) electrons. The Bertz CT molecular complexity index is 1230. The molecule has 5 nitrogen and oxygen atoms in total. The monoisotopic (exact) mass is 563 g/mol. The van der Waals surface area contributed by atoms with Gasteiger partial charge in [-0.1, -0.05) is 46.4 Å². The van der Waals surface area contributed by atoms with E-state index >= 15 is 0 Å². The molecule has 1 N–H and O–H groups in total. The summed E-state index contributed by atoms with van der Waals surface area (Å²) in [4.78, 5) is 23.5. The number of hydrogen-bond acceptors (Lipinski definition) is 5. The van der Waals surface area contributed by atoms with Gasteiger partial charge in [-0.25, -0.2) is 14.4 Å². The molecule has 166 valence electrons. The zero-order valence-electron chi connectivity index (χ0n) is 17.5. The zero-order valence-corrected chi connectivity index (χ0v) is 20.5. The second kappa shape index (κ2) is 7.43. The van der Waals surface area contributed by atoms with Crippen LogP contribution in [0.2, 0.25) is 0 Å². The van der Waals surface area contributed by atoms with E-state index in [0.29, 0.717) is 33.6 Å². The molecule has 3 aromatic rings. The number of hydrogen-bond donors (Lipinski definition) is 1. The average Bonchev–Trinajstić information content (AvgIpc) is 3.41. The van der Waals surface area contributed by atoms with Gasteiger partial charge in [0.05, 0.1) is 5.92 Å². The molecule has 2 aromatic heterocycles. The van der Waals surface area contributed by atoms with Crippen molar-refractivity contribution < 1.29 is 14.3 Å². The van der Waals surface area contributed by atoms with Gasteiger partial charge in [-0.05, 0) is 55.5 Å². The molecule has 0 amide bonds. The molecule has 8 heteroatoms. The van der Waals surface area contributed by atoms with Crippen LogP contribution in [0.3, 0.4) is 0 Å². The Kier molecular flexibility index (Phi) is 4.86. The number of carbonyl (C=O) groups is 1. The van der Waals surface area contributed by atoms with E-state index in [1.807, 2.05) is 17.0 Å². The first-order chi connectivity index (χ1) is 15.4. The lowest BCUT2D eigenvalue weighted by molar-refractivity contribution is -0.147. The van der Waals surface area contributed by atoms with Crippen LogP contribution in [0, 0.1) is 11.7 Å². The van der Waals surface area contributed by atoms with E-state index in [1.165, 1.54) is 49.1 Å². The Hall–Kier alpha value is -1.65. The first kappa shape index (κ1) is 20.9. The zero-order chi connectivity index (χ0) is 22.1. The van der Waals surface area contributed by atoms with E-state index in [9.17, 15) is 9.18 Å². The standard InChI is InChI=1S/C24H23FIN3O2S/c25-17-10-14(11-29-12-15(13-29)22(30)31)2-3-16(17)20-27-18-4-5-19(28-21(18)32-20)23(8-9-23)24(26)6-1-7-24/h2-5,10,15H,1,6-9,11-13H2,(H,30,31). The lowest BCUT2D eigenvalue weighted by Gasteiger charge is -2.43. The summed E-state index contributed by atoms with van der Waals surface area (Å²) in [5.41, 5.74) is 3.56. The Labute approximate surface area is 203 Å². The van der Waals surface area contributed by atoms with Crippen LogP contribution < -0.4 is 0 Å². The molecule has 2 saturated carbocycles. The summed E-state index contributed by atoms with van der Waals surface area (Å²) in [5.74, 6) is -1.36. The summed E-state index contributed by atoms with van der Waals surface area (Å²) in [6.45, 7) is 1.60. The maximum absolute atomic E-state index is 15.0. The van der Waals surface area contributed by atoms with Crippen LogP contribution in [-0.4, -0.2) is 42.5 Å². The van der Waals surface area contributed by atoms with E-state index in [4.69, 9.17) is 10.1 Å². The Morgan fingerprint density at radius 1 is 1.19 bits per heavy atom. The summed E-state index contributed by atoms with van der Waals surface area (Å²) in [5, 5.41) is 9.66. The number of carboxylic acid groups (broad SMARTS) is 1. The molecule has 0 spiro atoms. The minimum atomic E-state index is -0.760. The van der Waals surface area contributed by atoms with Gasteiger partial charge >= 0.3 is 5.97 Å². The number of fused-ring (bicyclic) bond motifs is 1. The second-order valence-corrected chi connectivity index (χ2v) is 12.5. The number of likely N-dealkylation sites (tertiary alicyclic amines) is 1. The molecule has 1 aromatic carbocycles. The van der Waals surface area contributed by atoms with Crippen LogP contribution in [-0.2, 0) is 16.8 Å². The highest BCUT2D eigenvalue weighted by atomic mass is 127.